The van der Waals surface area contributed by atoms with Crippen molar-refractivity contribution in [3.8, 4) is 0 Å². The minimum atomic E-state index is -0.867. The van der Waals surface area contributed by atoms with Gasteiger partial charge in [-0.1, -0.05) is 38.5 Å². The molecule has 81 valence electrons. The van der Waals surface area contributed by atoms with E-state index in [2.05, 4.69) is 0 Å². The Bertz CT molecular complexity index is 170. The lowest BCUT2D eigenvalue weighted by atomic mass is 10.00. The first kappa shape index (κ1) is 10.6. The molecule has 2 heteroatoms. The first-order chi connectivity index (χ1) is 6.88. The molecule has 0 aromatic rings. The predicted molar refractivity (Wildman–Crippen MR) is 61.4 cm³/mol. The van der Waals surface area contributed by atoms with Gasteiger partial charge in [-0.3, -0.25) is 4.57 Å². The van der Waals surface area contributed by atoms with Crippen LogP contribution in [0.4, 0.5) is 0 Å². The minimum absolute atomic E-state index is 0.599. The van der Waals surface area contributed by atoms with Crippen LogP contribution >= 0.6 is 7.80 Å². The molecule has 0 saturated heterocycles. The van der Waals surface area contributed by atoms with E-state index in [-0.39, 0.29) is 0 Å². The summed E-state index contributed by atoms with van der Waals surface area (Å²) in [5, 5.41) is 0. The van der Waals surface area contributed by atoms with Gasteiger partial charge in [0, 0.05) is 11.3 Å². The SMILES string of the molecule is O=[P](C1CCCCC1)C1CCCCC1. The van der Waals surface area contributed by atoms with Crippen LogP contribution in [0.2, 0.25) is 0 Å². The van der Waals surface area contributed by atoms with Gasteiger partial charge in [0.05, 0.1) is 7.80 Å². The molecule has 14 heavy (non-hydrogen) atoms. The van der Waals surface area contributed by atoms with Gasteiger partial charge in [-0.05, 0) is 25.7 Å². The van der Waals surface area contributed by atoms with Crippen LogP contribution in [0.3, 0.4) is 0 Å². The van der Waals surface area contributed by atoms with E-state index in [1.165, 1.54) is 64.2 Å². The van der Waals surface area contributed by atoms with Gasteiger partial charge < -0.3 is 0 Å². The van der Waals surface area contributed by atoms with Gasteiger partial charge >= 0.3 is 0 Å². The van der Waals surface area contributed by atoms with Crippen molar-refractivity contribution in [1.29, 1.82) is 0 Å². The molecular formula is C12H22OP. The van der Waals surface area contributed by atoms with Gasteiger partial charge in [0.2, 0.25) is 0 Å². The molecule has 2 saturated carbocycles. The van der Waals surface area contributed by atoms with Crippen LogP contribution in [0.5, 0.6) is 0 Å². The fourth-order valence-electron chi connectivity index (χ4n) is 2.97. The molecule has 0 aromatic carbocycles. The van der Waals surface area contributed by atoms with Gasteiger partial charge in [0.1, 0.15) is 0 Å². The fourth-order valence-corrected chi connectivity index (χ4v) is 5.31. The highest BCUT2D eigenvalue weighted by molar-refractivity contribution is 7.46. The summed E-state index contributed by atoms with van der Waals surface area (Å²) in [6, 6.07) is 0. The van der Waals surface area contributed by atoms with E-state index in [9.17, 15) is 4.57 Å². The van der Waals surface area contributed by atoms with Crippen molar-refractivity contribution in [2.75, 3.05) is 0 Å². The molecule has 2 aliphatic carbocycles. The van der Waals surface area contributed by atoms with Crippen molar-refractivity contribution in [2.24, 2.45) is 0 Å². The highest BCUT2D eigenvalue weighted by Crippen LogP contribution is 2.46. The maximum Gasteiger partial charge on any atom is 0.0781 e. The van der Waals surface area contributed by atoms with Crippen LogP contribution in [-0.2, 0) is 4.57 Å². The molecule has 0 amide bonds. The van der Waals surface area contributed by atoms with Crippen LogP contribution in [0.1, 0.15) is 64.2 Å². The normalized spacial score (nSPS) is 26.3. The molecule has 0 unspecified atom stereocenters. The van der Waals surface area contributed by atoms with E-state index >= 15 is 0 Å². The second kappa shape index (κ2) is 5.26. The largest absolute Gasteiger partial charge is 0.287 e. The summed E-state index contributed by atoms with van der Waals surface area (Å²) in [4.78, 5) is 0. The summed E-state index contributed by atoms with van der Waals surface area (Å²) in [7, 11) is -0.867. The molecule has 2 rings (SSSR count). The molecule has 0 atom stereocenters. The second-order valence-corrected chi connectivity index (χ2v) is 7.12. The van der Waals surface area contributed by atoms with E-state index in [1.54, 1.807) is 0 Å². The fraction of sp³-hybridized carbons (Fsp3) is 1.00. The summed E-state index contributed by atoms with van der Waals surface area (Å²) in [5.41, 5.74) is 1.20. The van der Waals surface area contributed by atoms with Gasteiger partial charge in [0.15, 0.2) is 0 Å². The average Bonchev–Trinajstić information content (AvgIpc) is 2.30. The van der Waals surface area contributed by atoms with E-state index in [0.29, 0.717) is 11.3 Å². The van der Waals surface area contributed by atoms with Crippen LogP contribution < -0.4 is 0 Å². The molecule has 1 nitrogen and oxygen atoms in total. The van der Waals surface area contributed by atoms with Gasteiger partial charge in [-0.25, -0.2) is 0 Å². The molecule has 0 heterocycles. The predicted octanol–water partition coefficient (Wildman–Crippen LogP) is 4.48. The van der Waals surface area contributed by atoms with Crippen LogP contribution in [0.15, 0.2) is 0 Å². The third-order valence-corrected chi connectivity index (χ3v) is 6.34. The number of hydrogen-bond donors (Lipinski definition) is 0. The Balaban J connectivity index is 1.85. The van der Waals surface area contributed by atoms with Crippen LogP contribution in [-0.4, -0.2) is 11.3 Å². The maximum absolute atomic E-state index is 12.3. The molecule has 0 spiro atoms. The van der Waals surface area contributed by atoms with Crippen molar-refractivity contribution in [1.82, 2.24) is 0 Å². The van der Waals surface area contributed by atoms with Gasteiger partial charge in [-0.15, -0.1) is 0 Å². The zero-order chi connectivity index (χ0) is 9.80. The lowest BCUT2D eigenvalue weighted by Gasteiger charge is -2.27. The van der Waals surface area contributed by atoms with Crippen molar-refractivity contribution >= 4 is 7.80 Å². The van der Waals surface area contributed by atoms with Gasteiger partial charge in [0.25, 0.3) is 0 Å². The molecule has 0 N–H and O–H groups in total. The highest BCUT2D eigenvalue weighted by atomic mass is 31.1. The van der Waals surface area contributed by atoms with Crippen LogP contribution in [0, 0.1) is 0 Å². The Hall–Kier alpha value is 0.100. The molecule has 0 aliphatic heterocycles. The summed E-state index contributed by atoms with van der Waals surface area (Å²) < 4.78 is 12.3. The first-order valence-electron chi connectivity index (χ1n) is 6.33. The molecule has 2 aliphatic rings. The molecule has 0 aromatic heterocycles. The summed E-state index contributed by atoms with van der Waals surface area (Å²) >= 11 is 0. The molecular weight excluding hydrogens is 191 g/mol. The number of rotatable bonds is 2. The van der Waals surface area contributed by atoms with Crippen molar-refractivity contribution in [2.45, 2.75) is 75.5 Å². The Labute approximate surface area is 88.4 Å². The second-order valence-electron chi connectivity index (χ2n) is 4.94. The third kappa shape index (κ3) is 2.57. The maximum atomic E-state index is 12.3. The average molecular weight is 213 g/mol. The smallest absolute Gasteiger partial charge is 0.0781 e. The van der Waals surface area contributed by atoms with E-state index in [1.807, 2.05) is 0 Å². The Morgan fingerprint density at radius 3 is 1.36 bits per heavy atom. The topological polar surface area (TPSA) is 17.1 Å². The van der Waals surface area contributed by atoms with Crippen LogP contribution in [0.25, 0.3) is 0 Å². The Morgan fingerprint density at radius 2 is 1.00 bits per heavy atom. The van der Waals surface area contributed by atoms with Gasteiger partial charge in [-0.2, -0.15) is 0 Å². The molecule has 0 bridgehead atoms. The van der Waals surface area contributed by atoms with Crippen molar-refractivity contribution in [3.63, 3.8) is 0 Å². The summed E-state index contributed by atoms with van der Waals surface area (Å²) in [5.74, 6) is 0. The van der Waals surface area contributed by atoms with E-state index in [0.717, 1.165) is 0 Å². The standard InChI is InChI=1S/C12H22OP/c13-14(11-7-3-1-4-8-11)12-9-5-2-6-10-12/h11-12H,1-10H2. The Kier molecular flexibility index (Phi) is 3.99. The van der Waals surface area contributed by atoms with E-state index in [4.69, 9.17) is 0 Å². The summed E-state index contributed by atoms with van der Waals surface area (Å²) in [6.45, 7) is 0. The highest BCUT2D eigenvalue weighted by Gasteiger charge is 2.28. The quantitative estimate of drug-likeness (QED) is 0.618. The van der Waals surface area contributed by atoms with E-state index < -0.39 is 7.80 Å². The third-order valence-electron chi connectivity index (χ3n) is 3.87. The Morgan fingerprint density at radius 1 is 0.643 bits per heavy atom. The first-order valence-corrected chi connectivity index (χ1v) is 7.73. The lowest BCUT2D eigenvalue weighted by Crippen LogP contribution is -2.16. The minimum Gasteiger partial charge on any atom is -0.287 e. The molecule has 2 fully saturated rings. The summed E-state index contributed by atoms with van der Waals surface area (Å²) in [6.07, 6.45) is 13.1. The van der Waals surface area contributed by atoms with Crippen molar-refractivity contribution < 1.29 is 4.57 Å². The monoisotopic (exact) mass is 213 g/mol. The zero-order valence-electron chi connectivity index (χ0n) is 9.08. The number of hydrogen-bond acceptors (Lipinski definition) is 1. The van der Waals surface area contributed by atoms with Crippen molar-refractivity contribution in [3.05, 3.63) is 0 Å². The zero-order valence-corrected chi connectivity index (χ0v) is 9.98. The lowest BCUT2D eigenvalue weighted by molar-refractivity contribution is 0.459. The molecule has 1 radical (unpaired) electrons.